The van der Waals surface area contributed by atoms with Crippen LogP contribution in [0.5, 0.6) is 5.75 Å². The van der Waals surface area contributed by atoms with Crippen molar-refractivity contribution < 1.29 is 26.6 Å². The van der Waals surface area contributed by atoms with Gasteiger partial charge in [-0.1, -0.05) is 30.3 Å². The Morgan fingerprint density at radius 3 is 2.06 bits per heavy atom. The van der Waals surface area contributed by atoms with E-state index in [-0.39, 0.29) is 17.5 Å². The van der Waals surface area contributed by atoms with E-state index in [1.165, 1.54) is 13.0 Å². The monoisotopic (exact) mass is 487 g/mol. The summed E-state index contributed by atoms with van der Waals surface area (Å²) >= 11 is -5.09. The van der Waals surface area contributed by atoms with E-state index in [1.807, 2.05) is 30.3 Å². The molecule has 31 heavy (non-hydrogen) atoms. The van der Waals surface area contributed by atoms with Crippen LogP contribution in [0.3, 0.4) is 0 Å². The first-order valence-electron chi connectivity index (χ1n) is 8.95. The smallest absolute Gasteiger partial charge is 0.255 e. The topological polar surface area (TPSA) is 162 Å². The van der Waals surface area contributed by atoms with Crippen molar-refractivity contribution in [2.75, 3.05) is 16.4 Å². The van der Waals surface area contributed by atoms with Crippen LogP contribution in [-0.2, 0) is 8.53 Å². The van der Waals surface area contributed by atoms with Gasteiger partial charge >= 0.3 is 88.1 Å². The molecule has 3 aromatic rings. The van der Waals surface area contributed by atoms with Crippen molar-refractivity contribution in [2.24, 2.45) is 0 Å². The number of carbonyl (C=O) groups excluding carboxylic acids is 2. The number of anilines is 3. The number of rotatable bonds is 4. The Balaban J connectivity index is 0.000000221. The Labute approximate surface area is 181 Å². The molecule has 9 nitrogen and oxygen atoms in total. The van der Waals surface area contributed by atoms with Crippen molar-refractivity contribution in [2.45, 2.75) is 6.92 Å². The van der Waals surface area contributed by atoms with E-state index in [4.69, 9.17) is 13.9 Å². The van der Waals surface area contributed by atoms with E-state index in [1.54, 1.807) is 24.3 Å². The van der Waals surface area contributed by atoms with E-state index >= 15 is 0 Å². The third-order valence-corrected chi connectivity index (χ3v) is 5.96. The van der Waals surface area contributed by atoms with E-state index in [0.29, 0.717) is 16.9 Å². The largest absolute Gasteiger partial charge is 0.397 e. The van der Waals surface area contributed by atoms with Crippen molar-refractivity contribution >= 4 is 47.4 Å². The van der Waals surface area contributed by atoms with E-state index < -0.39 is 24.3 Å². The van der Waals surface area contributed by atoms with Crippen LogP contribution in [-0.4, -0.2) is 39.3 Å². The molecule has 0 unspecified atom stereocenters. The number of nitrogen functional groups attached to an aromatic ring is 1. The molecule has 0 fully saturated rings. The summed E-state index contributed by atoms with van der Waals surface area (Å²) < 4.78 is 28.2. The number of phenolic OH excluding ortho intramolecular Hbond substituents is 1. The molecule has 0 saturated heterocycles. The second kappa shape index (κ2) is 10.5. The fourth-order valence-electron chi connectivity index (χ4n) is 2.45. The number of nitrogens with one attached hydrogen (secondary N) is 2. The zero-order valence-electron chi connectivity index (χ0n) is 16.5. The molecule has 0 aliphatic rings. The molecular formula is C21H22AsN3O6. The van der Waals surface area contributed by atoms with Gasteiger partial charge in [0.25, 0.3) is 5.91 Å². The van der Waals surface area contributed by atoms with Crippen LogP contribution in [0, 0.1) is 0 Å². The molecule has 0 aliphatic carbocycles. The summed E-state index contributed by atoms with van der Waals surface area (Å²) in [4.78, 5) is 22.5. The van der Waals surface area contributed by atoms with Crippen molar-refractivity contribution in [3.05, 3.63) is 78.4 Å². The van der Waals surface area contributed by atoms with Crippen molar-refractivity contribution in [3.8, 4) is 5.75 Å². The quantitative estimate of drug-likeness (QED) is 0.240. The number of carbonyl (C=O) groups is 2. The molecule has 0 aliphatic heterocycles. The minimum Gasteiger partial charge on any atom is -0.397 e. The normalized spacial score (nSPS) is 10.4. The number of hydrogen-bond acceptors (Lipinski definition) is 5. The number of amides is 2. The van der Waals surface area contributed by atoms with Gasteiger partial charge in [0.1, 0.15) is 0 Å². The summed E-state index contributed by atoms with van der Waals surface area (Å²) in [6.45, 7) is 1.29. The molecule has 10 heteroatoms. The zero-order chi connectivity index (χ0) is 23.0. The summed E-state index contributed by atoms with van der Waals surface area (Å²) in [6.07, 6.45) is 0. The van der Waals surface area contributed by atoms with Gasteiger partial charge < -0.3 is 11.1 Å². The number of benzene rings is 3. The van der Waals surface area contributed by atoms with Crippen LogP contribution in [0.2, 0.25) is 0 Å². The van der Waals surface area contributed by atoms with Gasteiger partial charge in [0, 0.05) is 5.56 Å². The van der Waals surface area contributed by atoms with Crippen molar-refractivity contribution in [3.63, 3.8) is 0 Å². The van der Waals surface area contributed by atoms with Crippen LogP contribution < -0.4 is 20.7 Å². The summed E-state index contributed by atoms with van der Waals surface area (Å²) in [5.74, 6) is -1.00. The number of aromatic hydroxyl groups is 1. The number of para-hydroxylation sites is 2. The Hall–Kier alpha value is -3.52. The predicted molar refractivity (Wildman–Crippen MR) is 118 cm³/mol. The third-order valence-electron chi connectivity index (χ3n) is 3.85. The molecule has 2 amide bonds. The second-order valence-corrected chi connectivity index (χ2v) is 9.63. The first-order chi connectivity index (χ1) is 14.6. The number of hydrogen-bond donors (Lipinski definition) is 6. The van der Waals surface area contributed by atoms with Crippen LogP contribution in [0.15, 0.2) is 72.8 Å². The average Bonchev–Trinajstić information content (AvgIpc) is 2.69. The summed E-state index contributed by atoms with van der Waals surface area (Å²) in [5, 5.41) is 14.5. The molecule has 162 valence electrons. The van der Waals surface area contributed by atoms with Gasteiger partial charge in [-0.3, -0.25) is 4.79 Å². The molecule has 0 spiro atoms. The van der Waals surface area contributed by atoms with Gasteiger partial charge in [-0.2, -0.15) is 0 Å². The molecule has 0 radical (unpaired) electrons. The van der Waals surface area contributed by atoms with E-state index in [0.717, 1.165) is 12.1 Å². The standard InChI is InChI=1S/C13H12N2O.C8H10AsNO5/c14-11-8-4-5-9-12(11)15-13(16)10-6-2-1-3-7-10;1-5(11)10-6-2-3-7(8(12)4-6)9(13,14)15/h1-9H,14H2,(H,15,16);2-4,12H,1H3,(H,10,11)(H2,13,14,15). The minimum atomic E-state index is -5.09. The van der Waals surface area contributed by atoms with Gasteiger partial charge in [0.15, 0.2) is 0 Å². The fourth-order valence-corrected chi connectivity index (χ4v) is 3.77. The molecule has 0 heterocycles. The SMILES string of the molecule is CC(=O)Nc1ccc([As](=O)(O)O)c(O)c1.Nc1ccccc1NC(=O)c1ccccc1. The minimum absolute atomic E-state index is 0.154. The van der Waals surface area contributed by atoms with Gasteiger partial charge in [-0.25, -0.2) is 0 Å². The van der Waals surface area contributed by atoms with Crippen molar-refractivity contribution in [1.82, 2.24) is 0 Å². The van der Waals surface area contributed by atoms with E-state index in [2.05, 4.69) is 10.6 Å². The van der Waals surface area contributed by atoms with Gasteiger partial charge in [-0.15, -0.1) is 0 Å². The first-order valence-corrected chi connectivity index (χ1v) is 12.3. The number of nitrogens with two attached hydrogens (primary N) is 1. The third kappa shape index (κ3) is 7.34. The summed E-state index contributed by atoms with van der Waals surface area (Å²) in [6, 6.07) is 19.7. The van der Waals surface area contributed by atoms with Crippen LogP contribution in [0.4, 0.5) is 17.1 Å². The second-order valence-electron chi connectivity index (χ2n) is 6.34. The molecule has 3 aromatic carbocycles. The fraction of sp³-hybridized carbons (Fsp3) is 0.0476. The van der Waals surface area contributed by atoms with Crippen molar-refractivity contribution in [1.29, 1.82) is 0 Å². The van der Waals surface area contributed by atoms with Gasteiger partial charge in [-0.05, 0) is 24.3 Å². The Morgan fingerprint density at radius 1 is 0.903 bits per heavy atom. The average molecular weight is 487 g/mol. The van der Waals surface area contributed by atoms with Gasteiger partial charge in [0.05, 0.1) is 11.4 Å². The maximum absolute atomic E-state index is 11.8. The van der Waals surface area contributed by atoms with Crippen LogP contribution in [0.1, 0.15) is 17.3 Å². The molecular weight excluding hydrogens is 465 g/mol. The van der Waals surface area contributed by atoms with E-state index in [9.17, 15) is 18.4 Å². The molecule has 0 bridgehead atoms. The molecule has 0 saturated carbocycles. The summed E-state index contributed by atoms with van der Waals surface area (Å²) in [7, 11) is 0. The number of phenols is 1. The Bertz CT molecular complexity index is 1120. The first kappa shape index (κ1) is 23.8. The summed E-state index contributed by atoms with van der Waals surface area (Å²) in [5.41, 5.74) is 7.83. The van der Waals surface area contributed by atoms with Gasteiger partial charge in [0.2, 0.25) is 0 Å². The molecule has 0 aromatic heterocycles. The van der Waals surface area contributed by atoms with Crippen LogP contribution in [0.25, 0.3) is 0 Å². The van der Waals surface area contributed by atoms with Crippen LogP contribution >= 0.6 is 0 Å². The zero-order valence-corrected chi connectivity index (χ0v) is 18.4. The maximum atomic E-state index is 11.8. The Morgan fingerprint density at radius 2 is 1.52 bits per heavy atom. The molecule has 3 rings (SSSR count). The molecule has 0 atom stereocenters. The molecule has 7 N–H and O–H groups in total. The Kier molecular flexibility index (Phi) is 8.04. The maximum Gasteiger partial charge on any atom is 0.255 e. The predicted octanol–water partition coefficient (Wildman–Crippen LogP) is 1.43.